The van der Waals surface area contributed by atoms with Crippen molar-refractivity contribution < 1.29 is 0 Å². The van der Waals surface area contributed by atoms with Gasteiger partial charge in [-0.2, -0.15) is 0 Å². The predicted octanol–water partition coefficient (Wildman–Crippen LogP) is 3.03. The van der Waals surface area contributed by atoms with E-state index in [9.17, 15) is 0 Å². The fraction of sp³-hybridized carbons (Fsp3) is 1.00. The van der Waals surface area contributed by atoms with Gasteiger partial charge in [0.2, 0.25) is 0 Å². The average molecular weight is 281 g/mol. The summed E-state index contributed by atoms with van der Waals surface area (Å²) in [4.78, 5) is 4.88. The van der Waals surface area contributed by atoms with E-state index in [1.165, 1.54) is 32.1 Å². The maximum absolute atomic E-state index is 5.80. The molecule has 1 aliphatic carbocycles. The molecule has 102 valence electrons. The summed E-state index contributed by atoms with van der Waals surface area (Å²) in [5, 5.41) is 0. The first-order valence-electron chi connectivity index (χ1n) is 6.82. The Morgan fingerprint density at radius 1 is 0.882 bits per heavy atom. The van der Waals surface area contributed by atoms with Crippen LogP contribution in [-0.2, 0) is 0 Å². The van der Waals surface area contributed by atoms with E-state index >= 15 is 0 Å². The van der Waals surface area contributed by atoms with Crippen molar-refractivity contribution in [2.75, 3.05) is 45.0 Å². The number of halogens is 2. The summed E-state index contributed by atoms with van der Waals surface area (Å²) >= 11 is 11.6. The molecule has 0 N–H and O–H groups in total. The minimum atomic E-state index is 0.698. The maximum atomic E-state index is 5.80. The summed E-state index contributed by atoms with van der Waals surface area (Å²) in [7, 11) is 2.26. The summed E-state index contributed by atoms with van der Waals surface area (Å²) < 4.78 is 0. The summed E-state index contributed by atoms with van der Waals surface area (Å²) in [5.41, 5.74) is 0. The van der Waals surface area contributed by atoms with Gasteiger partial charge in [0.25, 0.3) is 0 Å². The average Bonchev–Trinajstić information content (AvgIpc) is 2.37. The Balaban J connectivity index is 2.21. The van der Waals surface area contributed by atoms with E-state index < -0.39 is 0 Å². The molecule has 0 aromatic rings. The summed E-state index contributed by atoms with van der Waals surface area (Å²) in [5.74, 6) is 1.40. The lowest BCUT2D eigenvalue weighted by atomic mass is 9.94. The molecule has 0 heterocycles. The molecule has 0 spiro atoms. The highest BCUT2D eigenvalue weighted by molar-refractivity contribution is 6.18. The van der Waals surface area contributed by atoms with Crippen LogP contribution in [0.1, 0.15) is 32.1 Å². The Hall–Kier alpha value is 0.500. The van der Waals surface area contributed by atoms with Crippen LogP contribution in [-0.4, -0.2) is 60.8 Å². The van der Waals surface area contributed by atoms with Gasteiger partial charge in [-0.15, -0.1) is 23.2 Å². The standard InChI is InChI=1S/C13H26Cl2N2/c1-16(13-5-3-2-4-6-13)11-12-17(9-7-14)10-8-15/h13H,2-12H2,1H3. The lowest BCUT2D eigenvalue weighted by Crippen LogP contribution is -2.40. The third kappa shape index (κ3) is 6.28. The minimum Gasteiger partial charge on any atom is -0.302 e. The van der Waals surface area contributed by atoms with Gasteiger partial charge in [0.05, 0.1) is 0 Å². The molecule has 0 aromatic carbocycles. The van der Waals surface area contributed by atoms with Crippen LogP contribution in [0, 0.1) is 0 Å². The van der Waals surface area contributed by atoms with Crippen molar-refractivity contribution >= 4 is 23.2 Å². The third-order valence-electron chi connectivity index (χ3n) is 3.77. The van der Waals surface area contributed by atoms with Gasteiger partial charge in [0.15, 0.2) is 0 Å². The van der Waals surface area contributed by atoms with Crippen LogP contribution >= 0.6 is 23.2 Å². The molecule has 2 nitrogen and oxygen atoms in total. The second-order valence-electron chi connectivity index (χ2n) is 4.99. The minimum absolute atomic E-state index is 0.698. The molecule has 4 heteroatoms. The van der Waals surface area contributed by atoms with Crippen molar-refractivity contribution in [2.45, 2.75) is 38.1 Å². The molecule has 1 fully saturated rings. The van der Waals surface area contributed by atoms with Gasteiger partial charge in [-0.05, 0) is 19.9 Å². The van der Waals surface area contributed by atoms with E-state index in [1.807, 2.05) is 0 Å². The first kappa shape index (κ1) is 15.6. The van der Waals surface area contributed by atoms with Crippen LogP contribution in [0.4, 0.5) is 0 Å². The van der Waals surface area contributed by atoms with Gasteiger partial charge in [-0.1, -0.05) is 19.3 Å². The van der Waals surface area contributed by atoms with Crippen molar-refractivity contribution in [3.05, 3.63) is 0 Å². The molecule has 0 amide bonds. The highest BCUT2D eigenvalue weighted by Crippen LogP contribution is 2.21. The van der Waals surface area contributed by atoms with Crippen molar-refractivity contribution in [1.82, 2.24) is 9.80 Å². The third-order valence-corrected chi connectivity index (χ3v) is 4.11. The molecular formula is C13H26Cl2N2. The topological polar surface area (TPSA) is 6.48 Å². The fourth-order valence-corrected chi connectivity index (χ4v) is 3.06. The van der Waals surface area contributed by atoms with Gasteiger partial charge in [-0.3, -0.25) is 4.90 Å². The van der Waals surface area contributed by atoms with Gasteiger partial charge >= 0.3 is 0 Å². The second kappa shape index (κ2) is 9.43. The molecule has 0 radical (unpaired) electrons. The van der Waals surface area contributed by atoms with E-state index in [-0.39, 0.29) is 0 Å². The molecule has 0 atom stereocenters. The van der Waals surface area contributed by atoms with E-state index in [0.717, 1.165) is 32.2 Å². The second-order valence-corrected chi connectivity index (χ2v) is 5.75. The van der Waals surface area contributed by atoms with E-state index in [0.29, 0.717) is 11.8 Å². The van der Waals surface area contributed by atoms with Crippen LogP contribution in [0.25, 0.3) is 0 Å². The predicted molar refractivity (Wildman–Crippen MR) is 77.4 cm³/mol. The summed E-state index contributed by atoms with van der Waals surface area (Å²) in [6.07, 6.45) is 6.99. The molecule has 0 aromatic heterocycles. The van der Waals surface area contributed by atoms with Crippen LogP contribution in [0.3, 0.4) is 0 Å². The van der Waals surface area contributed by atoms with Crippen LogP contribution < -0.4 is 0 Å². The van der Waals surface area contributed by atoms with Crippen LogP contribution in [0.5, 0.6) is 0 Å². The Labute approximate surface area is 116 Å². The molecular weight excluding hydrogens is 255 g/mol. The normalized spacial score (nSPS) is 18.2. The van der Waals surface area contributed by atoms with E-state index in [2.05, 4.69) is 16.8 Å². The Morgan fingerprint density at radius 2 is 1.47 bits per heavy atom. The van der Waals surface area contributed by atoms with Crippen molar-refractivity contribution in [2.24, 2.45) is 0 Å². The quantitative estimate of drug-likeness (QED) is 0.631. The smallest absolute Gasteiger partial charge is 0.0351 e. The molecule has 1 saturated carbocycles. The van der Waals surface area contributed by atoms with Crippen molar-refractivity contribution in [3.8, 4) is 0 Å². The number of nitrogens with zero attached hydrogens (tertiary/aromatic N) is 2. The van der Waals surface area contributed by atoms with E-state index in [4.69, 9.17) is 23.2 Å². The van der Waals surface area contributed by atoms with Gasteiger partial charge in [0, 0.05) is 44.0 Å². The number of hydrogen-bond acceptors (Lipinski definition) is 2. The zero-order valence-corrected chi connectivity index (χ0v) is 12.5. The first-order chi connectivity index (χ1) is 8.27. The first-order valence-corrected chi connectivity index (χ1v) is 7.89. The highest BCUT2D eigenvalue weighted by Gasteiger charge is 2.18. The number of rotatable bonds is 8. The maximum Gasteiger partial charge on any atom is 0.0351 e. The molecule has 0 unspecified atom stereocenters. The summed E-state index contributed by atoms with van der Waals surface area (Å²) in [6.45, 7) is 4.13. The zero-order chi connectivity index (χ0) is 12.5. The molecule has 0 saturated heterocycles. The van der Waals surface area contributed by atoms with E-state index in [1.54, 1.807) is 0 Å². The molecule has 1 aliphatic rings. The Morgan fingerprint density at radius 3 is 2.00 bits per heavy atom. The van der Waals surface area contributed by atoms with Gasteiger partial charge < -0.3 is 4.90 Å². The Bertz CT molecular complexity index is 178. The van der Waals surface area contributed by atoms with Crippen molar-refractivity contribution in [3.63, 3.8) is 0 Å². The van der Waals surface area contributed by atoms with Gasteiger partial charge in [-0.25, -0.2) is 0 Å². The lowest BCUT2D eigenvalue weighted by Gasteiger charge is -2.32. The number of hydrogen-bond donors (Lipinski definition) is 0. The SMILES string of the molecule is CN(CCN(CCCl)CCCl)C1CCCCC1. The Kier molecular flexibility index (Phi) is 8.63. The van der Waals surface area contributed by atoms with Crippen LogP contribution in [0.15, 0.2) is 0 Å². The molecule has 1 rings (SSSR count). The monoisotopic (exact) mass is 280 g/mol. The molecule has 0 bridgehead atoms. The largest absolute Gasteiger partial charge is 0.302 e. The number of alkyl halides is 2. The lowest BCUT2D eigenvalue weighted by molar-refractivity contribution is 0.165. The highest BCUT2D eigenvalue weighted by atomic mass is 35.5. The van der Waals surface area contributed by atoms with Gasteiger partial charge in [0.1, 0.15) is 0 Å². The molecule has 0 aliphatic heterocycles. The zero-order valence-electron chi connectivity index (χ0n) is 11.0. The van der Waals surface area contributed by atoms with Crippen molar-refractivity contribution in [1.29, 1.82) is 0 Å². The fourth-order valence-electron chi connectivity index (χ4n) is 2.58. The van der Waals surface area contributed by atoms with Crippen LogP contribution in [0.2, 0.25) is 0 Å². The summed E-state index contributed by atoms with van der Waals surface area (Å²) in [6, 6.07) is 0.803. The molecule has 17 heavy (non-hydrogen) atoms. The number of likely N-dealkylation sites (N-methyl/N-ethyl adjacent to an activating group) is 1.